The lowest BCUT2D eigenvalue weighted by atomic mass is 9.97. The summed E-state index contributed by atoms with van der Waals surface area (Å²) >= 11 is 0. The molecule has 2 aliphatic rings. The molecule has 2 rings (SSSR count). The van der Waals surface area contributed by atoms with E-state index in [2.05, 4.69) is 0 Å². The first-order valence-electron chi connectivity index (χ1n) is 4.65. The van der Waals surface area contributed by atoms with E-state index in [1.165, 1.54) is 51.4 Å². The summed E-state index contributed by atoms with van der Waals surface area (Å²) in [5.74, 6) is 0. The Morgan fingerprint density at radius 1 is 0.727 bits per heavy atom. The van der Waals surface area contributed by atoms with Crippen LogP contribution in [-0.4, -0.2) is 6.04 Å². The van der Waals surface area contributed by atoms with Gasteiger partial charge in [0.05, 0.1) is 0 Å². The van der Waals surface area contributed by atoms with Gasteiger partial charge in [0.25, 0.3) is 0 Å². The predicted molar refractivity (Wildman–Crippen MR) is 49.9 cm³/mol. The van der Waals surface area contributed by atoms with Gasteiger partial charge in [-0.1, -0.05) is 38.5 Å². The molecule has 68 valence electrons. The largest absolute Gasteiger partial charge is 0.344 e. The second-order valence-electron chi connectivity index (χ2n) is 3.46. The molecule has 0 aromatic rings. The van der Waals surface area contributed by atoms with Crippen molar-refractivity contribution < 1.29 is 0 Å². The molecular weight excluding hydrogens is 136 g/mol. The van der Waals surface area contributed by atoms with E-state index in [0.29, 0.717) is 6.04 Å². The fourth-order valence-corrected chi connectivity index (χ4v) is 1.13. The minimum atomic E-state index is 0. The lowest BCUT2D eigenvalue weighted by Gasteiger charge is -2.15. The van der Waals surface area contributed by atoms with E-state index in [1.807, 2.05) is 0 Å². The van der Waals surface area contributed by atoms with E-state index in [-0.39, 0.29) is 6.15 Å². The van der Waals surface area contributed by atoms with Gasteiger partial charge in [-0.25, -0.2) is 0 Å². The molecule has 2 saturated carbocycles. The van der Waals surface area contributed by atoms with Crippen LogP contribution in [0.1, 0.15) is 51.4 Å². The summed E-state index contributed by atoms with van der Waals surface area (Å²) in [6, 6.07) is 0.536. The highest BCUT2D eigenvalue weighted by Gasteiger charge is 2.06. The van der Waals surface area contributed by atoms with Crippen molar-refractivity contribution in [1.82, 2.24) is 6.15 Å². The van der Waals surface area contributed by atoms with Crippen molar-refractivity contribution in [3.05, 3.63) is 0 Å². The SMILES string of the molecule is C1CC1.N.NC1CCCCC1. The monoisotopic (exact) mass is 158 g/mol. The van der Waals surface area contributed by atoms with Crippen LogP contribution in [0.3, 0.4) is 0 Å². The standard InChI is InChI=1S/C6H13N.C3H6.H3N/c7-6-4-2-1-3-5-6;1-2-3-1;/h6H,1-5,7H2;1-3H2;1H3. The topological polar surface area (TPSA) is 61.0 Å². The van der Waals surface area contributed by atoms with Gasteiger partial charge in [0.1, 0.15) is 0 Å². The summed E-state index contributed by atoms with van der Waals surface area (Å²) in [6.45, 7) is 0. The van der Waals surface area contributed by atoms with Crippen LogP contribution in [0.2, 0.25) is 0 Å². The highest BCUT2D eigenvalue weighted by atomic mass is 14.6. The highest BCUT2D eigenvalue weighted by Crippen LogP contribution is 2.15. The molecule has 0 aromatic heterocycles. The van der Waals surface area contributed by atoms with Crippen molar-refractivity contribution in [2.45, 2.75) is 57.4 Å². The van der Waals surface area contributed by atoms with E-state index >= 15 is 0 Å². The van der Waals surface area contributed by atoms with E-state index in [0.717, 1.165) is 0 Å². The normalized spacial score (nSPS) is 22.6. The molecule has 0 saturated heterocycles. The quantitative estimate of drug-likeness (QED) is 0.569. The second-order valence-corrected chi connectivity index (χ2v) is 3.46. The number of hydrogen-bond donors (Lipinski definition) is 2. The molecule has 0 atom stereocenters. The lowest BCUT2D eigenvalue weighted by molar-refractivity contribution is 0.441. The van der Waals surface area contributed by atoms with Crippen molar-refractivity contribution in [1.29, 1.82) is 0 Å². The molecule has 0 aliphatic heterocycles. The maximum atomic E-state index is 5.63. The maximum Gasteiger partial charge on any atom is 0.00388 e. The molecule has 0 amide bonds. The van der Waals surface area contributed by atoms with Crippen molar-refractivity contribution in [3.63, 3.8) is 0 Å². The fraction of sp³-hybridized carbons (Fsp3) is 1.00. The zero-order valence-electron chi connectivity index (χ0n) is 7.52. The Balaban J connectivity index is 0.000000212. The van der Waals surface area contributed by atoms with Crippen molar-refractivity contribution in [2.75, 3.05) is 0 Å². The van der Waals surface area contributed by atoms with Crippen LogP contribution in [0.15, 0.2) is 0 Å². The molecule has 0 radical (unpaired) electrons. The van der Waals surface area contributed by atoms with E-state index in [4.69, 9.17) is 5.73 Å². The Labute approximate surface area is 70.1 Å². The average molecular weight is 158 g/mol. The Hall–Kier alpha value is -0.0800. The molecule has 2 aliphatic carbocycles. The molecule has 2 heteroatoms. The third-order valence-electron chi connectivity index (χ3n) is 2.00. The van der Waals surface area contributed by atoms with E-state index in [9.17, 15) is 0 Å². The summed E-state index contributed by atoms with van der Waals surface area (Å²) in [5, 5.41) is 0. The minimum absolute atomic E-state index is 0. The molecule has 0 aromatic carbocycles. The molecule has 2 fully saturated rings. The van der Waals surface area contributed by atoms with Crippen LogP contribution in [0.25, 0.3) is 0 Å². The predicted octanol–water partition coefficient (Wildman–Crippen LogP) is 2.61. The maximum absolute atomic E-state index is 5.63. The third-order valence-corrected chi connectivity index (χ3v) is 2.00. The number of hydrogen-bond acceptors (Lipinski definition) is 2. The Morgan fingerprint density at radius 3 is 1.27 bits per heavy atom. The van der Waals surface area contributed by atoms with Crippen molar-refractivity contribution in [3.8, 4) is 0 Å². The van der Waals surface area contributed by atoms with Gasteiger partial charge in [0.15, 0.2) is 0 Å². The van der Waals surface area contributed by atoms with Gasteiger partial charge in [0.2, 0.25) is 0 Å². The van der Waals surface area contributed by atoms with Gasteiger partial charge in [-0.05, 0) is 12.8 Å². The summed E-state index contributed by atoms with van der Waals surface area (Å²) in [6.07, 6.45) is 11.2. The number of nitrogens with two attached hydrogens (primary N) is 1. The Bertz CT molecular complexity index is 72.9. The zero-order valence-corrected chi connectivity index (χ0v) is 7.52. The van der Waals surface area contributed by atoms with Crippen LogP contribution < -0.4 is 11.9 Å². The van der Waals surface area contributed by atoms with Gasteiger partial charge >= 0.3 is 0 Å². The Morgan fingerprint density at radius 2 is 1.09 bits per heavy atom. The van der Waals surface area contributed by atoms with Crippen molar-refractivity contribution in [2.24, 2.45) is 5.73 Å². The molecule has 11 heavy (non-hydrogen) atoms. The van der Waals surface area contributed by atoms with Gasteiger partial charge in [-0.2, -0.15) is 0 Å². The molecular formula is C9H22N2. The third kappa shape index (κ3) is 7.82. The van der Waals surface area contributed by atoms with Crippen molar-refractivity contribution >= 4 is 0 Å². The second kappa shape index (κ2) is 6.62. The number of rotatable bonds is 0. The highest BCUT2D eigenvalue weighted by molar-refractivity contribution is 4.66. The molecule has 0 spiro atoms. The molecule has 0 unspecified atom stereocenters. The van der Waals surface area contributed by atoms with E-state index in [1.54, 1.807) is 0 Å². The van der Waals surface area contributed by atoms with Crippen LogP contribution in [0.4, 0.5) is 0 Å². The first kappa shape index (κ1) is 10.9. The molecule has 2 nitrogen and oxygen atoms in total. The molecule has 0 bridgehead atoms. The van der Waals surface area contributed by atoms with Crippen LogP contribution >= 0.6 is 0 Å². The lowest BCUT2D eigenvalue weighted by Crippen LogP contribution is -2.22. The first-order chi connectivity index (χ1) is 4.89. The van der Waals surface area contributed by atoms with E-state index < -0.39 is 0 Å². The van der Waals surface area contributed by atoms with Crippen LogP contribution in [0, 0.1) is 0 Å². The van der Waals surface area contributed by atoms with Gasteiger partial charge in [-0.3, -0.25) is 0 Å². The summed E-state index contributed by atoms with van der Waals surface area (Å²) in [5.41, 5.74) is 5.63. The fourth-order valence-electron chi connectivity index (χ4n) is 1.13. The van der Waals surface area contributed by atoms with Gasteiger partial charge in [0, 0.05) is 6.04 Å². The smallest absolute Gasteiger partial charge is 0.00388 e. The van der Waals surface area contributed by atoms with Gasteiger partial charge in [-0.15, -0.1) is 0 Å². The summed E-state index contributed by atoms with van der Waals surface area (Å²) in [7, 11) is 0. The van der Waals surface area contributed by atoms with Crippen LogP contribution in [-0.2, 0) is 0 Å². The molecule has 0 heterocycles. The summed E-state index contributed by atoms with van der Waals surface area (Å²) < 4.78 is 0. The van der Waals surface area contributed by atoms with Crippen LogP contribution in [0.5, 0.6) is 0 Å². The summed E-state index contributed by atoms with van der Waals surface area (Å²) in [4.78, 5) is 0. The Kier molecular flexibility index (Phi) is 6.57. The van der Waals surface area contributed by atoms with Gasteiger partial charge < -0.3 is 11.9 Å². The minimum Gasteiger partial charge on any atom is -0.344 e. The first-order valence-corrected chi connectivity index (χ1v) is 4.65. The average Bonchev–Trinajstić information content (AvgIpc) is 2.73. The molecule has 5 N–H and O–H groups in total. The zero-order chi connectivity index (χ0) is 7.23.